The van der Waals surface area contributed by atoms with Crippen LogP contribution in [0.25, 0.3) is 11.1 Å². The molecular weight excluding hydrogens is 431 g/mol. The Bertz CT molecular complexity index is 1120. The van der Waals surface area contributed by atoms with E-state index in [1.165, 1.54) is 12.1 Å². The molecule has 0 bridgehead atoms. The van der Waals surface area contributed by atoms with Crippen LogP contribution in [0, 0.1) is 5.82 Å². The third kappa shape index (κ3) is 5.70. The molecule has 0 fully saturated rings. The number of rotatable bonds is 10. The van der Waals surface area contributed by atoms with Gasteiger partial charge >= 0.3 is 0 Å². The third-order valence-corrected chi connectivity index (χ3v) is 6.07. The van der Waals surface area contributed by atoms with Gasteiger partial charge in [0.1, 0.15) is 5.82 Å². The summed E-state index contributed by atoms with van der Waals surface area (Å²) in [6.07, 6.45) is 0.701. The van der Waals surface area contributed by atoms with Crippen molar-refractivity contribution in [2.75, 3.05) is 19.8 Å². The number of carbonyl (C=O) groups excluding carboxylic acids is 1. The molecule has 0 radical (unpaired) electrons. The van der Waals surface area contributed by atoms with Crippen LogP contribution >= 0.6 is 0 Å². The van der Waals surface area contributed by atoms with Crippen molar-refractivity contribution in [2.24, 2.45) is 0 Å². The maximum Gasteiger partial charge on any atom is 0.254 e. The number of fused-ring (bicyclic) bond motifs is 1. The highest BCUT2D eigenvalue weighted by Crippen LogP contribution is 2.33. The van der Waals surface area contributed by atoms with E-state index in [1.54, 1.807) is 6.07 Å². The van der Waals surface area contributed by atoms with Gasteiger partial charge in [0.15, 0.2) is 0 Å². The number of halogens is 1. The Kier molecular flexibility index (Phi) is 8.06. The van der Waals surface area contributed by atoms with E-state index in [-0.39, 0.29) is 5.56 Å². The Morgan fingerprint density at radius 3 is 2.65 bits per heavy atom. The molecule has 0 saturated heterocycles. The predicted molar refractivity (Wildman–Crippen MR) is 131 cm³/mol. The van der Waals surface area contributed by atoms with Crippen LogP contribution in [-0.2, 0) is 17.7 Å². The average molecular weight is 463 g/mol. The van der Waals surface area contributed by atoms with Gasteiger partial charge in [0, 0.05) is 26.1 Å². The van der Waals surface area contributed by atoms with Crippen molar-refractivity contribution >= 4 is 5.91 Å². The van der Waals surface area contributed by atoms with E-state index in [0.717, 1.165) is 41.8 Å². The average Bonchev–Trinajstić information content (AvgIpc) is 3.16. The minimum absolute atomic E-state index is 0.0368. The van der Waals surface area contributed by atoms with E-state index in [9.17, 15) is 14.3 Å². The smallest absolute Gasteiger partial charge is 0.254 e. The lowest BCUT2D eigenvalue weighted by molar-refractivity contribution is 0.0854. The summed E-state index contributed by atoms with van der Waals surface area (Å²) < 4.78 is 20.3. The zero-order chi connectivity index (χ0) is 23.9. The van der Waals surface area contributed by atoms with Crippen molar-refractivity contribution in [1.29, 1.82) is 0 Å². The zero-order valence-corrected chi connectivity index (χ0v) is 19.4. The Balaban J connectivity index is 1.43. The first-order valence-corrected chi connectivity index (χ1v) is 11.8. The summed E-state index contributed by atoms with van der Waals surface area (Å²) in [5.74, 6) is -1.12. The number of benzene rings is 3. The van der Waals surface area contributed by atoms with Gasteiger partial charge in [-0.2, -0.15) is 0 Å². The van der Waals surface area contributed by atoms with Crippen molar-refractivity contribution in [3.63, 3.8) is 0 Å². The normalized spacial score (nSPS) is 16.9. The Morgan fingerprint density at radius 1 is 1.06 bits per heavy atom. The fourth-order valence-electron chi connectivity index (χ4n) is 4.31. The first kappa shape index (κ1) is 24.1. The first-order valence-electron chi connectivity index (χ1n) is 11.8. The number of nitrogens with one attached hydrogen (secondary N) is 2. The van der Waals surface area contributed by atoms with E-state index in [0.29, 0.717) is 25.1 Å². The van der Waals surface area contributed by atoms with Crippen molar-refractivity contribution in [2.45, 2.75) is 38.5 Å². The molecule has 0 aliphatic heterocycles. The molecule has 4 rings (SSSR count). The summed E-state index contributed by atoms with van der Waals surface area (Å²) in [6, 6.07) is 19.5. The van der Waals surface area contributed by atoms with E-state index in [1.807, 2.05) is 48.5 Å². The van der Waals surface area contributed by atoms with Crippen molar-refractivity contribution < 1.29 is 19.0 Å². The molecule has 0 aromatic heterocycles. The molecule has 3 N–H and O–H groups in total. The second-order valence-electron chi connectivity index (χ2n) is 8.61. The summed E-state index contributed by atoms with van der Waals surface area (Å²) >= 11 is 0. The molecule has 0 heterocycles. The van der Waals surface area contributed by atoms with Gasteiger partial charge in [-0.15, -0.1) is 0 Å². The predicted octanol–water partition coefficient (Wildman–Crippen LogP) is 4.40. The monoisotopic (exact) mass is 462 g/mol. The highest BCUT2D eigenvalue weighted by molar-refractivity contribution is 5.95. The maximum absolute atomic E-state index is 14.8. The van der Waals surface area contributed by atoms with Gasteiger partial charge in [0.05, 0.1) is 24.3 Å². The molecule has 2 atom stereocenters. The molecule has 3 aromatic carbocycles. The number of amides is 1. The van der Waals surface area contributed by atoms with E-state index >= 15 is 0 Å². The molecule has 1 amide bonds. The summed E-state index contributed by atoms with van der Waals surface area (Å²) in [4.78, 5) is 12.9. The van der Waals surface area contributed by atoms with Crippen LogP contribution in [0.15, 0.2) is 66.7 Å². The minimum Gasteiger partial charge on any atom is -0.390 e. The molecule has 5 nitrogen and oxygen atoms in total. The fraction of sp³-hybridized carbons (Fsp3) is 0.321. The Morgan fingerprint density at radius 2 is 1.88 bits per heavy atom. The third-order valence-electron chi connectivity index (χ3n) is 6.07. The second kappa shape index (κ2) is 11.4. The molecule has 6 heteroatoms. The molecule has 1 aliphatic rings. The van der Waals surface area contributed by atoms with Gasteiger partial charge in [-0.1, -0.05) is 61.5 Å². The van der Waals surface area contributed by atoms with Crippen molar-refractivity contribution in [3.05, 3.63) is 94.8 Å². The van der Waals surface area contributed by atoms with Crippen LogP contribution in [0.1, 0.15) is 46.4 Å². The van der Waals surface area contributed by atoms with Crippen LogP contribution in [0.3, 0.4) is 0 Å². The first-order chi connectivity index (χ1) is 16.6. The Hall–Kier alpha value is -3.06. The summed E-state index contributed by atoms with van der Waals surface area (Å²) in [7, 11) is 0. The lowest BCUT2D eigenvalue weighted by atomic mass is 10.0. The number of carbonyl (C=O) groups is 1. The molecule has 0 saturated carbocycles. The highest BCUT2D eigenvalue weighted by Gasteiger charge is 2.33. The van der Waals surface area contributed by atoms with Gasteiger partial charge in [0.25, 0.3) is 5.91 Å². The molecule has 1 aliphatic carbocycles. The zero-order valence-electron chi connectivity index (χ0n) is 19.4. The topological polar surface area (TPSA) is 70.6 Å². The van der Waals surface area contributed by atoms with Crippen LogP contribution in [0.2, 0.25) is 0 Å². The molecule has 0 spiro atoms. The lowest BCUT2D eigenvalue weighted by Crippen LogP contribution is -2.34. The molecular formula is C28H31FN2O3. The molecule has 0 unspecified atom stereocenters. The van der Waals surface area contributed by atoms with E-state index < -0.39 is 23.9 Å². The molecule has 3 aromatic rings. The summed E-state index contributed by atoms with van der Waals surface area (Å²) in [5.41, 5.74) is 4.48. The van der Waals surface area contributed by atoms with Crippen LogP contribution in [0.4, 0.5) is 4.39 Å². The van der Waals surface area contributed by atoms with Gasteiger partial charge in [0.2, 0.25) is 0 Å². The lowest BCUT2D eigenvalue weighted by Gasteiger charge is -2.19. The van der Waals surface area contributed by atoms with Gasteiger partial charge in [-0.25, -0.2) is 4.39 Å². The van der Waals surface area contributed by atoms with Gasteiger partial charge in [-0.3, -0.25) is 4.79 Å². The molecule has 34 heavy (non-hydrogen) atoms. The van der Waals surface area contributed by atoms with Crippen LogP contribution in [-0.4, -0.2) is 36.9 Å². The molecule has 178 valence electrons. The van der Waals surface area contributed by atoms with Crippen LogP contribution < -0.4 is 10.6 Å². The van der Waals surface area contributed by atoms with Gasteiger partial charge < -0.3 is 20.5 Å². The number of hydrogen-bond acceptors (Lipinski definition) is 4. The van der Waals surface area contributed by atoms with Crippen molar-refractivity contribution in [3.8, 4) is 11.1 Å². The standard InChI is InChI=1S/C28H31FN2O3/c1-2-13-34-14-12-30-18-19-8-9-22-17-26(32)27(24(22)15-19)31-28(33)23-11-10-21(16-25(23)29)20-6-4-3-5-7-20/h3-11,15-16,26-27,30,32H,2,12-14,17-18H2,1H3,(H,31,33)/t26-,27-/m1/s1. The largest absolute Gasteiger partial charge is 0.390 e. The number of hydrogen-bond donors (Lipinski definition) is 3. The Labute approximate surface area is 200 Å². The maximum atomic E-state index is 14.8. The van der Waals surface area contributed by atoms with Gasteiger partial charge in [-0.05, 0) is 46.4 Å². The fourth-order valence-corrected chi connectivity index (χ4v) is 4.31. The van der Waals surface area contributed by atoms with E-state index in [4.69, 9.17) is 4.74 Å². The number of ether oxygens (including phenoxy) is 1. The van der Waals surface area contributed by atoms with Crippen LogP contribution in [0.5, 0.6) is 0 Å². The summed E-state index contributed by atoms with van der Waals surface area (Å²) in [5, 5.41) is 16.8. The number of aliphatic hydroxyl groups is 1. The second-order valence-corrected chi connectivity index (χ2v) is 8.61. The van der Waals surface area contributed by atoms with E-state index in [2.05, 4.69) is 17.6 Å². The number of aliphatic hydroxyl groups excluding tert-OH is 1. The quantitative estimate of drug-likeness (QED) is 0.391. The summed E-state index contributed by atoms with van der Waals surface area (Å²) in [6.45, 7) is 4.91. The van der Waals surface area contributed by atoms with Crippen molar-refractivity contribution in [1.82, 2.24) is 10.6 Å². The minimum atomic E-state index is -0.753. The SMILES string of the molecule is CCCOCCNCc1ccc2c(c1)[C@@H](NC(=O)c1ccc(-c3ccccc3)cc1F)[C@H](O)C2. The highest BCUT2D eigenvalue weighted by atomic mass is 19.1.